The fourth-order valence-electron chi connectivity index (χ4n) is 6.46. The first kappa shape index (κ1) is 27.5. The summed E-state index contributed by atoms with van der Waals surface area (Å²) in [5.41, 5.74) is 11.6. The molecule has 0 fully saturated rings. The second-order valence-electron chi connectivity index (χ2n) is 11.5. The van der Waals surface area contributed by atoms with Crippen molar-refractivity contribution in [1.82, 2.24) is 4.57 Å². The highest BCUT2D eigenvalue weighted by Crippen LogP contribution is 2.40. The van der Waals surface area contributed by atoms with Gasteiger partial charge in [-0.3, -0.25) is 0 Å². The number of hydrogen-bond donors (Lipinski definition) is 0. The van der Waals surface area contributed by atoms with E-state index < -0.39 is 0 Å². The van der Waals surface area contributed by atoms with Gasteiger partial charge in [0.15, 0.2) is 0 Å². The Morgan fingerprint density at radius 2 is 0.826 bits per heavy atom. The lowest BCUT2D eigenvalue weighted by molar-refractivity contribution is 1.18. The van der Waals surface area contributed by atoms with Crippen LogP contribution in [-0.4, -0.2) is 11.6 Å². The van der Waals surface area contributed by atoms with Crippen molar-refractivity contribution >= 4 is 50.2 Å². The summed E-state index contributed by atoms with van der Waals surface area (Å²) in [6, 6.07) is 64.9. The first-order valence-electron chi connectivity index (χ1n) is 15.7. The first-order chi connectivity index (χ1) is 22.7. The van der Waals surface area contributed by atoms with Crippen LogP contribution in [0.15, 0.2) is 182 Å². The number of rotatable bonds is 7. The number of fused-ring (bicyclic) bond motifs is 3. The Bertz CT molecular complexity index is 2240. The lowest BCUT2D eigenvalue weighted by Gasteiger charge is -2.26. The van der Waals surface area contributed by atoms with Crippen LogP contribution in [-0.2, 0) is 0 Å². The molecule has 0 atom stereocenters. The van der Waals surface area contributed by atoms with Crippen LogP contribution in [0.25, 0.3) is 38.6 Å². The molecule has 0 aliphatic rings. The monoisotopic (exact) mass is 591 g/mol. The van der Waals surface area contributed by atoms with E-state index in [2.05, 4.69) is 197 Å². The average molecular weight is 592 g/mol. The molecule has 0 bridgehead atoms. The topological polar surface area (TPSA) is 11.4 Å². The van der Waals surface area contributed by atoms with Crippen LogP contribution in [0, 0.1) is 0 Å². The number of nitrogens with zero attached hydrogens (tertiary/aromatic N) is 3. The van der Waals surface area contributed by atoms with Crippen molar-refractivity contribution in [3.05, 3.63) is 182 Å². The minimum atomic E-state index is 1.11. The highest BCUT2D eigenvalue weighted by atomic mass is 15.1. The van der Waals surface area contributed by atoms with Crippen molar-refractivity contribution in [3.8, 4) is 16.8 Å². The summed E-state index contributed by atoms with van der Waals surface area (Å²) < 4.78 is 2.36. The molecule has 0 saturated heterocycles. The van der Waals surface area contributed by atoms with E-state index in [-0.39, 0.29) is 0 Å². The van der Waals surface area contributed by atoms with Gasteiger partial charge in [-0.2, -0.15) is 0 Å². The van der Waals surface area contributed by atoms with Gasteiger partial charge in [-0.1, -0.05) is 97.1 Å². The molecular formula is C43H33N3. The molecule has 0 radical (unpaired) electrons. The zero-order valence-electron chi connectivity index (χ0n) is 25.7. The van der Waals surface area contributed by atoms with Crippen molar-refractivity contribution in [2.75, 3.05) is 16.8 Å². The van der Waals surface area contributed by atoms with Crippen LogP contribution < -0.4 is 9.80 Å². The first-order valence-corrected chi connectivity index (χ1v) is 15.7. The molecular weight excluding hydrogens is 558 g/mol. The predicted molar refractivity (Wildman–Crippen MR) is 195 cm³/mol. The highest BCUT2D eigenvalue weighted by molar-refractivity contribution is 6.10. The maximum atomic E-state index is 2.36. The Morgan fingerprint density at radius 1 is 0.370 bits per heavy atom. The van der Waals surface area contributed by atoms with Gasteiger partial charge in [-0.25, -0.2) is 0 Å². The van der Waals surface area contributed by atoms with Crippen molar-refractivity contribution < 1.29 is 0 Å². The highest BCUT2D eigenvalue weighted by Gasteiger charge is 2.17. The van der Waals surface area contributed by atoms with Crippen LogP contribution >= 0.6 is 0 Å². The molecule has 1 aromatic heterocycles. The van der Waals surface area contributed by atoms with Gasteiger partial charge >= 0.3 is 0 Å². The van der Waals surface area contributed by atoms with E-state index in [0.29, 0.717) is 0 Å². The molecule has 3 nitrogen and oxygen atoms in total. The third-order valence-corrected chi connectivity index (χ3v) is 8.80. The molecule has 0 spiro atoms. The third kappa shape index (κ3) is 4.98. The van der Waals surface area contributed by atoms with E-state index in [1.165, 1.54) is 38.6 Å². The SMILES string of the molecule is CN(c1ccccc1)c1ccc(-c2ccc(N(c3ccccc3)c3ccc4c(c3)c3ccccc3n4-c3ccccc3)cc2)cc1. The summed E-state index contributed by atoms with van der Waals surface area (Å²) in [7, 11) is 2.11. The number of benzene rings is 7. The van der Waals surface area contributed by atoms with Crippen molar-refractivity contribution in [2.24, 2.45) is 0 Å². The van der Waals surface area contributed by atoms with Crippen LogP contribution in [0.2, 0.25) is 0 Å². The summed E-state index contributed by atoms with van der Waals surface area (Å²) in [5.74, 6) is 0. The van der Waals surface area contributed by atoms with E-state index in [4.69, 9.17) is 0 Å². The largest absolute Gasteiger partial charge is 0.345 e. The van der Waals surface area contributed by atoms with Crippen molar-refractivity contribution in [2.45, 2.75) is 0 Å². The molecule has 0 unspecified atom stereocenters. The Kier molecular flexibility index (Phi) is 7.05. The van der Waals surface area contributed by atoms with E-state index in [1.807, 2.05) is 6.07 Å². The molecule has 0 aliphatic carbocycles. The molecule has 0 saturated carbocycles. The fourth-order valence-corrected chi connectivity index (χ4v) is 6.46. The number of aromatic nitrogens is 1. The van der Waals surface area contributed by atoms with Crippen LogP contribution in [0.3, 0.4) is 0 Å². The standard InChI is InChI=1S/C43H33N3/c1-44(34-13-5-2-6-14-34)35-25-21-32(22-26-35)33-23-27-38(28-24-33)45(36-15-7-3-8-16-36)39-29-30-43-41(31-39)40-19-11-12-20-42(40)46(43)37-17-9-4-10-18-37/h2-31H,1H3. The van der Waals surface area contributed by atoms with E-state index in [1.54, 1.807) is 0 Å². The van der Waals surface area contributed by atoms with Gasteiger partial charge in [0, 0.05) is 51.9 Å². The van der Waals surface area contributed by atoms with Crippen molar-refractivity contribution in [1.29, 1.82) is 0 Å². The molecule has 8 rings (SSSR count). The second-order valence-corrected chi connectivity index (χ2v) is 11.5. The second kappa shape index (κ2) is 11.8. The van der Waals surface area contributed by atoms with Crippen molar-refractivity contribution in [3.63, 3.8) is 0 Å². The Morgan fingerprint density at radius 3 is 1.48 bits per heavy atom. The van der Waals surface area contributed by atoms with Crippen LogP contribution in [0.4, 0.5) is 28.4 Å². The molecule has 1 heterocycles. The smallest absolute Gasteiger partial charge is 0.0542 e. The minimum absolute atomic E-state index is 1.11. The molecule has 220 valence electrons. The Labute approximate surface area is 269 Å². The predicted octanol–water partition coefficient (Wildman–Crippen LogP) is 11.7. The van der Waals surface area contributed by atoms with Gasteiger partial charge in [0.1, 0.15) is 0 Å². The molecule has 0 amide bonds. The van der Waals surface area contributed by atoms with E-state index >= 15 is 0 Å². The Hall–Kier alpha value is -6.06. The van der Waals surface area contributed by atoms with Gasteiger partial charge in [-0.15, -0.1) is 0 Å². The number of para-hydroxylation sites is 4. The van der Waals surface area contributed by atoms with Gasteiger partial charge < -0.3 is 14.4 Å². The van der Waals surface area contributed by atoms with E-state index in [9.17, 15) is 0 Å². The molecule has 7 aromatic carbocycles. The molecule has 0 N–H and O–H groups in total. The number of anilines is 5. The van der Waals surface area contributed by atoms with Gasteiger partial charge in [-0.05, 0) is 96.1 Å². The maximum absolute atomic E-state index is 2.36. The summed E-state index contributed by atoms with van der Waals surface area (Å²) in [6.45, 7) is 0. The van der Waals surface area contributed by atoms with E-state index in [0.717, 1.165) is 28.4 Å². The third-order valence-electron chi connectivity index (χ3n) is 8.80. The normalized spacial score (nSPS) is 11.2. The number of hydrogen-bond acceptors (Lipinski definition) is 2. The fraction of sp³-hybridized carbons (Fsp3) is 0.0233. The zero-order chi connectivity index (χ0) is 30.9. The quantitative estimate of drug-likeness (QED) is 0.183. The molecule has 3 heteroatoms. The Balaban J connectivity index is 1.17. The average Bonchev–Trinajstić information content (AvgIpc) is 3.47. The van der Waals surface area contributed by atoms with Gasteiger partial charge in [0.05, 0.1) is 11.0 Å². The molecule has 0 aliphatic heterocycles. The summed E-state index contributed by atoms with van der Waals surface area (Å²) in [4.78, 5) is 4.55. The molecule has 46 heavy (non-hydrogen) atoms. The summed E-state index contributed by atoms with van der Waals surface area (Å²) in [6.07, 6.45) is 0. The van der Waals surface area contributed by atoms with Gasteiger partial charge in [0.2, 0.25) is 0 Å². The lowest BCUT2D eigenvalue weighted by Crippen LogP contribution is -2.09. The maximum Gasteiger partial charge on any atom is 0.0542 e. The van der Waals surface area contributed by atoms with Crippen LogP contribution in [0.1, 0.15) is 0 Å². The van der Waals surface area contributed by atoms with Crippen LogP contribution in [0.5, 0.6) is 0 Å². The molecule has 8 aromatic rings. The minimum Gasteiger partial charge on any atom is -0.345 e. The summed E-state index contributed by atoms with van der Waals surface area (Å²) in [5, 5.41) is 2.47. The lowest BCUT2D eigenvalue weighted by atomic mass is 10.0. The zero-order valence-corrected chi connectivity index (χ0v) is 25.7. The van der Waals surface area contributed by atoms with Gasteiger partial charge in [0.25, 0.3) is 0 Å². The summed E-state index contributed by atoms with van der Waals surface area (Å²) >= 11 is 0.